The first-order valence-corrected chi connectivity index (χ1v) is 12.0. The van der Waals surface area contributed by atoms with E-state index in [1.807, 2.05) is 13.0 Å². The van der Waals surface area contributed by atoms with Crippen molar-refractivity contribution in [1.29, 1.82) is 0 Å². The average molecular weight is 520 g/mol. The second-order valence-electron chi connectivity index (χ2n) is 8.47. The zero-order valence-electron chi connectivity index (χ0n) is 21.0. The van der Waals surface area contributed by atoms with Crippen LogP contribution >= 0.6 is 0 Å². The predicted molar refractivity (Wildman–Crippen MR) is 148 cm³/mol. The minimum Gasteiger partial charge on any atom is -0.422 e. The lowest BCUT2D eigenvalue weighted by atomic mass is 10.1. The van der Waals surface area contributed by atoms with Gasteiger partial charge in [-0.25, -0.2) is 4.79 Å². The first-order chi connectivity index (χ1) is 18.9. The lowest BCUT2D eigenvalue weighted by Gasteiger charge is -2.09. The maximum absolute atomic E-state index is 12.4. The lowest BCUT2D eigenvalue weighted by molar-refractivity contribution is -0.117. The van der Waals surface area contributed by atoms with Crippen LogP contribution in [0.15, 0.2) is 109 Å². The molecular weight excluding hydrogens is 494 g/mol. The second-order valence-corrected chi connectivity index (χ2v) is 8.47. The number of esters is 1. The highest BCUT2D eigenvalue weighted by Gasteiger charge is 2.11. The molecule has 4 rings (SSSR count). The summed E-state index contributed by atoms with van der Waals surface area (Å²) >= 11 is 0. The molecule has 0 aliphatic carbocycles. The Hall–Kier alpha value is -5.50. The summed E-state index contributed by atoms with van der Waals surface area (Å²) in [6.07, 6.45) is 2.68. The summed E-state index contributed by atoms with van der Waals surface area (Å²) in [6.45, 7) is 1.90. The number of hydrazine groups is 1. The maximum Gasteiger partial charge on any atom is 0.343 e. The van der Waals surface area contributed by atoms with Crippen LogP contribution in [0.2, 0.25) is 0 Å². The van der Waals surface area contributed by atoms with Crippen molar-refractivity contribution < 1.29 is 23.9 Å². The second kappa shape index (κ2) is 12.6. The van der Waals surface area contributed by atoms with Gasteiger partial charge in [-0.05, 0) is 67.6 Å². The standard InChI is InChI=1S/C31H25N3O5/c1-21-8-7-12-25(20-21)29(36)32-26-17-14-23(15-18-26)30(37)34-33-28(35)19-16-22-9-5-6-13-27(22)39-31(38)24-10-3-2-4-11-24/h2-20H,1H3,(H,32,36)(H,33,35)(H,34,37)/b19-16+. The molecule has 0 saturated carbocycles. The normalized spacial score (nSPS) is 10.5. The van der Waals surface area contributed by atoms with E-state index in [1.54, 1.807) is 84.9 Å². The SMILES string of the molecule is Cc1cccc(C(=O)Nc2ccc(C(=O)NNC(=O)/C=C/c3ccccc3OC(=O)c3ccccc3)cc2)c1. The molecule has 3 amide bonds. The van der Waals surface area contributed by atoms with Crippen LogP contribution in [0.5, 0.6) is 5.75 Å². The molecule has 8 heteroatoms. The number of amides is 3. The van der Waals surface area contributed by atoms with E-state index in [-0.39, 0.29) is 17.2 Å². The number of para-hydroxylation sites is 1. The number of ether oxygens (including phenoxy) is 1. The number of aryl methyl sites for hydroxylation is 1. The van der Waals surface area contributed by atoms with Crippen LogP contribution in [0, 0.1) is 6.92 Å². The van der Waals surface area contributed by atoms with Crippen LogP contribution in [0.3, 0.4) is 0 Å². The van der Waals surface area contributed by atoms with Gasteiger partial charge in [0.25, 0.3) is 17.7 Å². The Balaban J connectivity index is 1.30. The Morgan fingerprint density at radius 2 is 1.36 bits per heavy atom. The van der Waals surface area contributed by atoms with E-state index in [0.717, 1.165) is 5.56 Å². The van der Waals surface area contributed by atoms with Crippen molar-refractivity contribution in [2.75, 3.05) is 5.32 Å². The molecule has 0 radical (unpaired) electrons. The Bertz CT molecular complexity index is 1530. The summed E-state index contributed by atoms with van der Waals surface area (Å²) in [4.78, 5) is 49.5. The Kier molecular flexibility index (Phi) is 8.61. The molecule has 39 heavy (non-hydrogen) atoms. The van der Waals surface area contributed by atoms with Crippen molar-refractivity contribution in [2.45, 2.75) is 6.92 Å². The van der Waals surface area contributed by atoms with Gasteiger partial charge < -0.3 is 10.1 Å². The maximum atomic E-state index is 12.4. The van der Waals surface area contributed by atoms with Gasteiger partial charge in [-0.3, -0.25) is 25.2 Å². The number of hydrogen-bond acceptors (Lipinski definition) is 5. The zero-order valence-corrected chi connectivity index (χ0v) is 21.0. The largest absolute Gasteiger partial charge is 0.422 e. The summed E-state index contributed by atoms with van der Waals surface area (Å²) in [5, 5.41) is 2.78. The van der Waals surface area contributed by atoms with Crippen LogP contribution in [0.25, 0.3) is 6.08 Å². The molecule has 0 spiro atoms. The van der Waals surface area contributed by atoms with Crippen molar-refractivity contribution in [2.24, 2.45) is 0 Å². The summed E-state index contributed by atoms with van der Waals surface area (Å²) in [7, 11) is 0. The number of carbonyl (C=O) groups is 4. The third-order valence-corrected chi connectivity index (χ3v) is 5.53. The van der Waals surface area contributed by atoms with E-state index in [2.05, 4.69) is 16.2 Å². The van der Waals surface area contributed by atoms with Crippen molar-refractivity contribution in [1.82, 2.24) is 10.9 Å². The first kappa shape index (κ1) is 26.6. The van der Waals surface area contributed by atoms with Crippen LogP contribution in [-0.4, -0.2) is 23.7 Å². The fourth-order valence-corrected chi connectivity index (χ4v) is 3.54. The van der Waals surface area contributed by atoms with Gasteiger partial charge >= 0.3 is 5.97 Å². The van der Waals surface area contributed by atoms with Crippen molar-refractivity contribution in [3.63, 3.8) is 0 Å². The quantitative estimate of drug-likeness (QED) is 0.139. The first-order valence-electron chi connectivity index (χ1n) is 12.0. The molecule has 0 unspecified atom stereocenters. The minimum atomic E-state index is -0.588. The number of hydrogen-bond donors (Lipinski definition) is 3. The van der Waals surface area contributed by atoms with Crippen LogP contribution in [0.4, 0.5) is 5.69 Å². The number of benzene rings is 4. The molecule has 0 fully saturated rings. The number of carbonyl (C=O) groups excluding carboxylic acids is 4. The highest BCUT2D eigenvalue weighted by molar-refractivity contribution is 6.05. The van der Waals surface area contributed by atoms with E-state index >= 15 is 0 Å². The molecule has 194 valence electrons. The van der Waals surface area contributed by atoms with E-state index in [4.69, 9.17) is 4.74 Å². The fraction of sp³-hybridized carbons (Fsp3) is 0.0323. The van der Waals surface area contributed by atoms with Gasteiger partial charge in [0, 0.05) is 28.5 Å². The van der Waals surface area contributed by atoms with Gasteiger partial charge in [0.05, 0.1) is 5.56 Å². The number of rotatable bonds is 7. The average Bonchev–Trinajstić information content (AvgIpc) is 2.96. The van der Waals surface area contributed by atoms with E-state index in [0.29, 0.717) is 22.4 Å². The molecule has 0 atom stereocenters. The highest BCUT2D eigenvalue weighted by atomic mass is 16.5. The molecular formula is C31H25N3O5. The molecule has 0 heterocycles. The van der Waals surface area contributed by atoms with Gasteiger partial charge in [0.1, 0.15) is 5.75 Å². The van der Waals surface area contributed by atoms with Gasteiger partial charge in [-0.1, -0.05) is 54.1 Å². The van der Waals surface area contributed by atoms with E-state index in [1.165, 1.54) is 24.3 Å². The smallest absolute Gasteiger partial charge is 0.343 e. The number of nitrogens with one attached hydrogen (secondary N) is 3. The van der Waals surface area contributed by atoms with Crippen molar-refractivity contribution in [3.05, 3.63) is 137 Å². The fourth-order valence-electron chi connectivity index (χ4n) is 3.54. The Labute approximate surface area is 225 Å². The third kappa shape index (κ3) is 7.50. The van der Waals surface area contributed by atoms with Crippen LogP contribution < -0.4 is 20.9 Å². The van der Waals surface area contributed by atoms with Crippen LogP contribution in [-0.2, 0) is 4.79 Å². The predicted octanol–water partition coefficient (Wildman–Crippen LogP) is 4.94. The highest BCUT2D eigenvalue weighted by Crippen LogP contribution is 2.21. The molecule has 0 saturated heterocycles. The summed E-state index contributed by atoms with van der Waals surface area (Å²) in [6, 6.07) is 28.8. The molecule has 4 aromatic rings. The van der Waals surface area contributed by atoms with Gasteiger partial charge in [0.15, 0.2) is 0 Å². The molecule has 0 aliphatic heterocycles. The topological polar surface area (TPSA) is 114 Å². The van der Waals surface area contributed by atoms with Crippen molar-refractivity contribution >= 4 is 35.5 Å². The number of anilines is 1. The van der Waals surface area contributed by atoms with Gasteiger partial charge in [0.2, 0.25) is 0 Å². The van der Waals surface area contributed by atoms with Crippen molar-refractivity contribution in [3.8, 4) is 5.75 Å². The minimum absolute atomic E-state index is 0.258. The molecule has 4 aromatic carbocycles. The van der Waals surface area contributed by atoms with Crippen LogP contribution in [0.1, 0.15) is 42.2 Å². The molecule has 3 N–H and O–H groups in total. The summed E-state index contributed by atoms with van der Waals surface area (Å²) in [5.41, 5.74) is 7.86. The summed E-state index contributed by atoms with van der Waals surface area (Å²) < 4.78 is 5.47. The van der Waals surface area contributed by atoms with E-state index < -0.39 is 17.8 Å². The zero-order chi connectivity index (χ0) is 27.6. The molecule has 0 bridgehead atoms. The Morgan fingerprint density at radius 3 is 2.10 bits per heavy atom. The van der Waals surface area contributed by atoms with Gasteiger partial charge in [-0.15, -0.1) is 0 Å². The molecule has 0 aliphatic rings. The summed E-state index contributed by atoms with van der Waals surface area (Å²) in [5.74, 6) is -1.62. The Morgan fingerprint density at radius 1 is 0.667 bits per heavy atom. The third-order valence-electron chi connectivity index (χ3n) is 5.53. The van der Waals surface area contributed by atoms with E-state index in [9.17, 15) is 19.2 Å². The monoisotopic (exact) mass is 519 g/mol. The van der Waals surface area contributed by atoms with Gasteiger partial charge in [-0.2, -0.15) is 0 Å². The lowest BCUT2D eigenvalue weighted by Crippen LogP contribution is -2.40. The molecule has 0 aromatic heterocycles. The molecule has 8 nitrogen and oxygen atoms in total.